The lowest BCUT2D eigenvalue weighted by Gasteiger charge is -2.17. The van der Waals surface area contributed by atoms with E-state index >= 15 is 0 Å². The number of rotatable bonds is 3. The first kappa shape index (κ1) is 11.8. The van der Waals surface area contributed by atoms with Gasteiger partial charge in [-0.3, -0.25) is 9.59 Å². The largest absolute Gasteiger partial charge is 0.302 e. The normalized spacial score (nSPS) is 14.7. The zero-order valence-corrected chi connectivity index (χ0v) is 9.87. The van der Waals surface area contributed by atoms with Gasteiger partial charge in [0.1, 0.15) is 5.82 Å². The van der Waals surface area contributed by atoms with Gasteiger partial charge in [0.15, 0.2) is 0 Å². The van der Waals surface area contributed by atoms with E-state index in [1.54, 1.807) is 0 Å². The van der Waals surface area contributed by atoms with Crippen molar-refractivity contribution in [2.45, 2.75) is 20.3 Å². The smallest absolute Gasteiger partial charge is 0.299 e. The predicted octanol–water partition coefficient (Wildman–Crippen LogP) is 2.40. The Hall–Kier alpha value is -1.71. The van der Waals surface area contributed by atoms with Crippen molar-refractivity contribution in [3.63, 3.8) is 0 Å². The van der Waals surface area contributed by atoms with Crippen molar-refractivity contribution in [1.82, 2.24) is 0 Å². The quantitative estimate of drug-likeness (QED) is 0.754. The fourth-order valence-electron chi connectivity index (χ4n) is 1.91. The number of nitrogens with zero attached hydrogens (tertiary/aromatic N) is 1. The van der Waals surface area contributed by atoms with Gasteiger partial charge in [-0.1, -0.05) is 19.9 Å². The number of carbonyl (C=O) groups is 2. The highest BCUT2D eigenvalue weighted by molar-refractivity contribution is 6.52. The maximum absolute atomic E-state index is 13.7. The topological polar surface area (TPSA) is 37.4 Å². The molecule has 0 spiro atoms. The van der Waals surface area contributed by atoms with Gasteiger partial charge in [0.2, 0.25) is 0 Å². The van der Waals surface area contributed by atoms with E-state index < -0.39 is 17.5 Å². The minimum Gasteiger partial charge on any atom is -0.302 e. The van der Waals surface area contributed by atoms with E-state index in [2.05, 4.69) is 0 Å². The van der Waals surface area contributed by atoms with Crippen LogP contribution >= 0.6 is 0 Å². The number of benzene rings is 1. The van der Waals surface area contributed by atoms with Crippen molar-refractivity contribution in [2.24, 2.45) is 5.92 Å². The molecular formula is C13H14FNO2. The molecule has 1 heterocycles. The van der Waals surface area contributed by atoms with Crippen LogP contribution in [0.15, 0.2) is 18.2 Å². The molecule has 0 radical (unpaired) electrons. The van der Waals surface area contributed by atoms with Crippen LogP contribution < -0.4 is 4.90 Å². The molecule has 1 aliphatic heterocycles. The van der Waals surface area contributed by atoms with E-state index in [-0.39, 0.29) is 11.3 Å². The zero-order chi connectivity index (χ0) is 12.6. The number of para-hydroxylation sites is 1. The molecule has 1 aromatic carbocycles. The van der Waals surface area contributed by atoms with Gasteiger partial charge in [0.05, 0.1) is 11.3 Å². The number of hydrogen-bond acceptors (Lipinski definition) is 2. The molecule has 3 nitrogen and oxygen atoms in total. The molecule has 0 bridgehead atoms. The molecule has 0 N–H and O–H groups in total. The molecule has 4 heteroatoms. The summed E-state index contributed by atoms with van der Waals surface area (Å²) in [4.78, 5) is 24.6. The van der Waals surface area contributed by atoms with Crippen molar-refractivity contribution in [3.05, 3.63) is 29.6 Å². The molecule has 0 fully saturated rings. The molecule has 0 aromatic heterocycles. The second-order valence-corrected chi connectivity index (χ2v) is 4.60. The summed E-state index contributed by atoms with van der Waals surface area (Å²) in [5.74, 6) is -1.34. The van der Waals surface area contributed by atoms with Gasteiger partial charge in [0, 0.05) is 6.54 Å². The number of fused-ring (bicyclic) bond motifs is 1. The van der Waals surface area contributed by atoms with Crippen molar-refractivity contribution in [3.8, 4) is 0 Å². The molecule has 90 valence electrons. The lowest BCUT2D eigenvalue weighted by Crippen LogP contribution is -2.31. The van der Waals surface area contributed by atoms with E-state index in [1.807, 2.05) is 13.8 Å². The summed E-state index contributed by atoms with van der Waals surface area (Å²) >= 11 is 0. The molecule has 1 aromatic rings. The van der Waals surface area contributed by atoms with Crippen LogP contribution in [0.2, 0.25) is 0 Å². The molecule has 2 rings (SSSR count). The van der Waals surface area contributed by atoms with Crippen molar-refractivity contribution >= 4 is 17.4 Å². The van der Waals surface area contributed by atoms with Crippen LogP contribution in [-0.4, -0.2) is 18.2 Å². The second kappa shape index (κ2) is 4.28. The zero-order valence-electron chi connectivity index (χ0n) is 9.87. The number of amides is 1. The summed E-state index contributed by atoms with van der Waals surface area (Å²) in [6, 6.07) is 4.21. The van der Waals surface area contributed by atoms with Gasteiger partial charge in [0.25, 0.3) is 11.7 Å². The SMILES string of the molecule is CC(C)CCN1C(=O)C(=O)c2cccc(F)c21. The number of halogens is 1. The minimum atomic E-state index is -0.620. The highest BCUT2D eigenvalue weighted by Gasteiger charge is 2.37. The first-order chi connectivity index (χ1) is 8.02. The van der Waals surface area contributed by atoms with Crippen molar-refractivity contribution in [1.29, 1.82) is 0 Å². The predicted molar refractivity (Wildman–Crippen MR) is 62.5 cm³/mol. The summed E-state index contributed by atoms with van der Waals surface area (Å²) in [5, 5.41) is 0. The number of carbonyl (C=O) groups excluding carboxylic acids is 2. The average Bonchev–Trinajstić information content (AvgIpc) is 2.52. The third kappa shape index (κ3) is 1.95. The molecule has 1 aliphatic rings. The van der Waals surface area contributed by atoms with Crippen molar-refractivity contribution < 1.29 is 14.0 Å². The maximum atomic E-state index is 13.7. The third-order valence-electron chi connectivity index (χ3n) is 2.87. The molecule has 0 atom stereocenters. The summed E-state index contributed by atoms with van der Waals surface area (Å²) < 4.78 is 13.7. The standard InChI is InChI=1S/C13H14FNO2/c1-8(2)6-7-15-11-9(12(16)13(15)17)4-3-5-10(11)14/h3-5,8H,6-7H2,1-2H3. The van der Waals surface area contributed by atoms with Gasteiger partial charge in [-0.05, 0) is 24.5 Å². The van der Waals surface area contributed by atoms with Crippen molar-refractivity contribution in [2.75, 3.05) is 11.4 Å². The fraction of sp³-hybridized carbons (Fsp3) is 0.385. The van der Waals surface area contributed by atoms with Crippen LogP contribution in [0.25, 0.3) is 0 Å². The van der Waals surface area contributed by atoms with Crippen LogP contribution in [0.1, 0.15) is 30.6 Å². The van der Waals surface area contributed by atoms with E-state index in [0.717, 1.165) is 6.42 Å². The minimum absolute atomic E-state index is 0.142. The highest BCUT2D eigenvalue weighted by atomic mass is 19.1. The van der Waals surface area contributed by atoms with Crippen LogP contribution in [0.4, 0.5) is 10.1 Å². The molecule has 0 saturated heterocycles. The lowest BCUT2D eigenvalue weighted by molar-refractivity contribution is -0.114. The van der Waals surface area contributed by atoms with Gasteiger partial charge < -0.3 is 4.90 Å². The molecule has 0 aliphatic carbocycles. The first-order valence-electron chi connectivity index (χ1n) is 5.67. The average molecular weight is 235 g/mol. The van der Waals surface area contributed by atoms with E-state index in [1.165, 1.54) is 23.1 Å². The van der Waals surface area contributed by atoms with Crippen LogP contribution in [-0.2, 0) is 4.79 Å². The fourth-order valence-corrected chi connectivity index (χ4v) is 1.91. The third-order valence-corrected chi connectivity index (χ3v) is 2.87. The number of ketones is 1. The molecule has 1 amide bonds. The molecule has 17 heavy (non-hydrogen) atoms. The summed E-state index contributed by atoms with van der Waals surface area (Å²) in [5.41, 5.74) is 0.321. The maximum Gasteiger partial charge on any atom is 0.299 e. The summed E-state index contributed by atoms with van der Waals surface area (Å²) in [6.07, 6.45) is 0.743. The Bertz CT molecular complexity index is 482. The van der Waals surface area contributed by atoms with E-state index in [0.29, 0.717) is 12.5 Å². The van der Waals surface area contributed by atoms with Crippen LogP contribution in [0, 0.1) is 11.7 Å². The Morgan fingerprint density at radius 1 is 1.29 bits per heavy atom. The van der Waals surface area contributed by atoms with Gasteiger partial charge in [-0.2, -0.15) is 0 Å². The Kier molecular flexibility index (Phi) is 2.96. The monoisotopic (exact) mass is 235 g/mol. The lowest BCUT2D eigenvalue weighted by atomic mass is 10.1. The van der Waals surface area contributed by atoms with E-state index in [4.69, 9.17) is 0 Å². The van der Waals surface area contributed by atoms with Gasteiger partial charge in [-0.15, -0.1) is 0 Å². The molecule has 0 saturated carbocycles. The second-order valence-electron chi connectivity index (χ2n) is 4.60. The van der Waals surface area contributed by atoms with Crippen LogP contribution in [0.5, 0.6) is 0 Å². The molecule has 0 unspecified atom stereocenters. The van der Waals surface area contributed by atoms with E-state index in [9.17, 15) is 14.0 Å². The highest BCUT2D eigenvalue weighted by Crippen LogP contribution is 2.31. The Labute approximate surface area is 99.2 Å². The Morgan fingerprint density at radius 3 is 2.65 bits per heavy atom. The number of Topliss-reactive ketones (excluding diaryl/α,β-unsaturated/α-hetero) is 1. The number of anilines is 1. The molecular weight excluding hydrogens is 221 g/mol. The summed E-state index contributed by atoms with van der Waals surface area (Å²) in [6.45, 7) is 4.42. The van der Waals surface area contributed by atoms with Gasteiger partial charge in [-0.25, -0.2) is 4.39 Å². The Morgan fingerprint density at radius 2 is 2.00 bits per heavy atom. The number of hydrogen-bond donors (Lipinski definition) is 0. The van der Waals surface area contributed by atoms with Gasteiger partial charge >= 0.3 is 0 Å². The van der Waals surface area contributed by atoms with Crippen LogP contribution in [0.3, 0.4) is 0 Å². The Balaban J connectivity index is 2.36. The first-order valence-corrected chi connectivity index (χ1v) is 5.67. The summed E-state index contributed by atoms with van der Waals surface area (Å²) in [7, 11) is 0.